The average Bonchev–Trinajstić information content (AvgIpc) is 3.08. The van der Waals surface area contributed by atoms with Crippen LogP contribution in [-0.4, -0.2) is 24.4 Å². The molecule has 30 heavy (non-hydrogen) atoms. The maximum Gasteiger partial charge on any atom is 0.280 e. The monoisotopic (exact) mass is 421 g/mol. The van der Waals surface area contributed by atoms with E-state index in [1.807, 2.05) is 48.0 Å². The average molecular weight is 422 g/mol. The first kappa shape index (κ1) is 19.2. The van der Waals surface area contributed by atoms with Crippen molar-refractivity contribution in [1.29, 1.82) is 0 Å². The van der Waals surface area contributed by atoms with E-state index < -0.39 is 0 Å². The van der Waals surface area contributed by atoms with Crippen molar-refractivity contribution in [3.63, 3.8) is 0 Å². The van der Waals surface area contributed by atoms with Crippen LogP contribution in [0, 0.1) is 18.8 Å². The maximum atomic E-state index is 13.3. The molecular formula is C23H24ClN5O. The summed E-state index contributed by atoms with van der Waals surface area (Å²) in [6.07, 6.45) is 5.30. The van der Waals surface area contributed by atoms with Gasteiger partial charge in [-0.15, -0.1) is 10.2 Å². The molecule has 0 unspecified atom stereocenters. The van der Waals surface area contributed by atoms with Crippen LogP contribution >= 0.6 is 11.6 Å². The van der Waals surface area contributed by atoms with Crippen LogP contribution in [0.2, 0.25) is 5.02 Å². The highest BCUT2D eigenvalue weighted by Gasteiger charge is 2.29. The molecule has 0 radical (unpaired) electrons. The van der Waals surface area contributed by atoms with Gasteiger partial charge < -0.3 is 4.57 Å². The third-order valence-electron chi connectivity index (χ3n) is 6.74. The van der Waals surface area contributed by atoms with Crippen LogP contribution in [0.1, 0.15) is 44.8 Å². The number of nitrogens with zero attached hydrogens (tertiary/aromatic N) is 5. The Balaban J connectivity index is 1.68. The van der Waals surface area contributed by atoms with Crippen molar-refractivity contribution in [3.8, 4) is 11.1 Å². The molecule has 3 aromatic heterocycles. The van der Waals surface area contributed by atoms with Crippen molar-refractivity contribution >= 4 is 28.3 Å². The number of fused-ring (bicyclic) bond motifs is 3. The van der Waals surface area contributed by atoms with Gasteiger partial charge in [-0.25, -0.2) is 4.52 Å². The summed E-state index contributed by atoms with van der Waals surface area (Å²) in [5.74, 6) is 1.06. The molecule has 0 saturated heterocycles. The van der Waals surface area contributed by atoms with Crippen molar-refractivity contribution in [2.45, 2.75) is 46.1 Å². The first-order chi connectivity index (χ1) is 14.5. The van der Waals surface area contributed by atoms with Crippen molar-refractivity contribution in [3.05, 3.63) is 57.6 Å². The van der Waals surface area contributed by atoms with Gasteiger partial charge in [0.05, 0.1) is 11.3 Å². The number of pyridine rings is 1. The number of hydrogen-bond acceptors (Lipinski definition) is 4. The van der Waals surface area contributed by atoms with Crippen LogP contribution < -0.4 is 5.56 Å². The van der Waals surface area contributed by atoms with Gasteiger partial charge in [-0.2, -0.15) is 5.10 Å². The van der Waals surface area contributed by atoms with E-state index in [0.29, 0.717) is 33.5 Å². The lowest BCUT2D eigenvalue weighted by Gasteiger charge is -2.35. The highest BCUT2D eigenvalue weighted by Crippen LogP contribution is 2.37. The van der Waals surface area contributed by atoms with Crippen molar-refractivity contribution in [1.82, 2.24) is 24.4 Å². The maximum absolute atomic E-state index is 13.3. The number of hydrogen-bond donors (Lipinski definition) is 0. The Morgan fingerprint density at radius 1 is 1.07 bits per heavy atom. The van der Waals surface area contributed by atoms with Gasteiger partial charge in [0, 0.05) is 17.3 Å². The molecule has 7 heteroatoms. The standard InChI is InChI=1S/C23H24ClN5O/c1-13-5-4-6-18(14(13)2)28-12-11-19-21(23(28)30)25-26-22-20(15(3)27-29(19)22)16-7-9-17(24)10-8-16/h7-14,18H,4-6H2,1-3H3/t13-,14-,18-/m1/s1. The third-order valence-corrected chi connectivity index (χ3v) is 6.99. The third kappa shape index (κ3) is 2.93. The molecule has 1 fully saturated rings. The molecular weight excluding hydrogens is 398 g/mol. The first-order valence-electron chi connectivity index (χ1n) is 10.5. The van der Waals surface area contributed by atoms with E-state index in [-0.39, 0.29) is 11.6 Å². The van der Waals surface area contributed by atoms with E-state index in [1.54, 1.807) is 4.52 Å². The Bertz CT molecular complexity index is 1310. The number of halogens is 1. The van der Waals surface area contributed by atoms with E-state index in [4.69, 9.17) is 11.6 Å². The van der Waals surface area contributed by atoms with Crippen LogP contribution in [0.3, 0.4) is 0 Å². The van der Waals surface area contributed by atoms with Crippen LogP contribution in [-0.2, 0) is 0 Å². The van der Waals surface area contributed by atoms with Gasteiger partial charge in [0.15, 0.2) is 11.2 Å². The van der Waals surface area contributed by atoms with E-state index in [2.05, 4.69) is 29.1 Å². The summed E-state index contributed by atoms with van der Waals surface area (Å²) >= 11 is 6.04. The summed E-state index contributed by atoms with van der Waals surface area (Å²) in [6.45, 7) is 6.46. The summed E-state index contributed by atoms with van der Waals surface area (Å²) < 4.78 is 3.60. The molecule has 5 rings (SSSR count). The smallest absolute Gasteiger partial charge is 0.280 e. The molecule has 3 heterocycles. The predicted octanol–water partition coefficient (Wildman–Crippen LogP) is 5.07. The Hall–Kier alpha value is -2.73. The van der Waals surface area contributed by atoms with Gasteiger partial charge in [-0.05, 0) is 48.9 Å². The summed E-state index contributed by atoms with van der Waals surface area (Å²) in [5, 5.41) is 14.1. The summed E-state index contributed by atoms with van der Waals surface area (Å²) in [6, 6.07) is 9.73. The second kappa shape index (κ2) is 7.20. The minimum atomic E-state index is -0.0888. The fourth-order valence-electron chi connectivity index (χ4n) is 4.83. The van der Waals surface area contributed by atoms with Crippen LogP contribution in [0.15, 0.2) is 41.3 Å². The summed E-state index contributed by atoms with van der Waals surface area (Å²) in [4.78, 5) is 13.3. The quantitative estimate of drug-likeness (QED) is 0.453. The fourth-order valence-corrected chi connectivity index (χ4v) is 4.96. The molecule has 154 valence electrons. The molecule has 3 atom stereocenters. The van der Waals surface area contributed by atoms with Gasteiger partial charge in [0.1, 0.15) is 5.52 Å². The largest absolute Gasteiger partial charge is 0.310 e. The Kier molecular flexibility index (Phi) is 4.62. The van der Waals surface area contributed by atoms with Crippen LogP contribution in [0.5, 0.6) is 0 Å². The van der Waals surface area contributed by atoms with Crippen molar-refractivity contribution < 1.29 is 0 Å². The minimum absolute atomic E-state index is 0.0888. The SMILES string of the molecule is Cc1nn2c(nnc3c(=O)n([C@@H]4CCC[C@@H](C)[C@H]4C)ccc32)c1-c1ccc(Cl)cc1. The molecule has 0 bridgehead atoms. The summed E-state index contributed by atoms with van der Waals surface area (Å²) in [7, 11) is 0. The lowest BCUT2D eigenvalue weighted by atomic mass is 9.78. The van der Waals surface area contributed by atoms with E-state index in [9.17, 15) is 4.79 Å². The van der Waals surface area contributed by atoms with Gasteiger partial charge in [0.2, 0.25) is 0 Å². The zero-order valence-corrected chi connectivity index (χ0v) is 18.1. The molecule has 0 N–H and O–H groups in total. The lowest BCUT2D eigenvalue weighted by Crippen LogP contribution is -2.34. The molecule has 1 aliphatic carbocycles. The van der Waals surface area contributed by atoms with Gasteiger partial charge in [-0.3, -0.25) is 4.79 Å². The molecule has 1 saturated carbocycles. The van der Waals surface area contributed by atoms with Crippen molar-refractivity contribution in [2.75, 3.05) is 0 Å². The predicted molar refractivity (Wildman–Crippen MR) is 119 cm³/mol. The zero-order valence-electron chi connectivity index (χ0n) is 17.3. The molecule has 0 aliphatic heterocycles. The van der Waals surface area contributed by atoms with Gasteiger partial charge >= 0.3 is 0 Å². The van der Waals surface area contributed by atoms with E-state index in [1.165, 1.54) is 6.42 Å². The number of rotatable bonds is 2. The second-order valence-electron chi connectivity index (χ2n) is 8.50. The van der Waals surface area contributed by atoms with E-state index in [0.717, 1.165) is 29.7 Å². The Labute approximate surface area is 179 Å². The number of aromatic nitrogens is 5. The van der Waals surface area contributed by atoms with Crippen molar-refractivity contribution in [2.24, 2.45) is 11.8 Å². The topological polar surface area (TPSA) is 65.1 Å². The Morgan fingerprint density at radius 2 is 1.83 bits per heavy atom. The van der Waals surface area contributed by atoms with Gasteiger partial charge in [-0.1, -0.05) is 50.4 Å². The molecule has 1 aliphatic rings. The second-order valence-corrected chi connectivity index (χ2v) is 8.94. The normalized spacial score (nSPS) is 22.1. The van der Waals surface area contributed by atoms with Crippen LogP contribution in [0.4, 0.5) is 0 Å². The van der Waals surface area contributed by atoms with E-state index >= 15 is 0 Å². The first-order valence-corrected chi connectivity index (χ1v) is 10.9. The molecule has 4 aromatic rings. The molecule has 1 aromatic carbocycles. The number of aryl methyl sites for hydroxylation is 1. The van der Waals surface area contributed by atoms with Crippen LogP contribution in [0.25, 0.3) is 27.8 Å². The van der Waals surface area contributed by atoms with Gasteiger partial charge in [0.25, 0.3) is 5.56 Å². The number of benzene rings is 1. The highest BCUT2D eigenvalue weighted by atomic mass is 35.5. The fraction of sp³-hybridized carbons (Fsp3) is 0.391. The zero-order chi connectivity index (χ0) is 21.0. The Morgan fingerprint density at radius 3 is 2.60 bits per heavy atom. The minimum Gasteiger partial charge on any atom is -0.310 e. The molecule has 0 amide bonds. The summed E-state index contributed by atoms with van der Waals surface area (Å²) in [5.41, 5.74) is 4.30. The lowest BCUT2D eigenvalue weighted by molar-refractivity contribution is 0.183. The molecule has 6 nitrogen and oxygen atoms in total. The molecule has 0 spiro atoms. The highest BCUT2D eigenvalue weighted by molar-refractivity contribution is 6.30.